The molecular formula is C20H15NO3S2. The molecule has 0 aliphatic heterocycles. The lowest BCUT2D eigenvalue weighted by Gasteiger charge is -2.10. The molecule has 0 saturated heterocycles. The molecule has 2 N–H and O–H groups in total. The maximum Gasteiger partial charge on any atom is 0.323 e. The normalized spacial score (nSPS) is 11.2. The minimum Gasteiger partial charge on any atom is -0.494 e. The van der Waals surface area contributed by atoms with Gasteiger partial charge in [-0.1, -0.05) is 54.6 Å². The highest BCUT2D eigenvalue weighted by Gasteiger charge is 2.16. The van der Waals surface area contributed by atoms with E-state index in [1.807, 2.05) is 24.3 Å². The first-order chi connectivity index (χ1) is 12.5. The Morgan fingerprint density at radius 3 is 2.42 bits per heavy atom. The van der Waals surface area contributed by atoms with Gasteiger partial charge in [0.2, 0.25) is 5.88 Å². The predicted molar refractivity (Wildman–Crippen MR) is 107 cm³/mol. The molecule has 3 aromatic carbocycles. The second-order valence-corrected chi connectivity index (χ2v) is 7.80. The van der Waals surface area contributed by atoms with Crippen LogP contribution in [0.2, 0.25) is 0 Å². The Morgan fingerprint density at radius 1 is 1.04 bits per heavy atom. The Bertz CT molecular complexity index is 1210. The number of aromatic nitrogens is 1. The molecule has 0 amide bonds. The summed E-state index contributed by atoms with van der Waals surface area (Å²) in [5.74, 6) is -1.09. The van der Waals surface area contributed by atoms with Crippen molar-refractivity contribution in [2.24, 2.45) is 0 Å². The zero-order valence-electron chi connectivity index (χ0n) is 13.7. The van der Waals surface area contributed by atoms with Crippen molar-refractivity contribution >= 4 is 51.1 Å². The second-order valence-electron chi connectivity index (χ2n) is 6.07. The molecule has 0 bridgehead atoms. The molecule has 0 aliphatic carbocycles. The fourth-order valence-electron chi connectivity index (χ4n) is 3.28. The molecule has 130 valence electrons. The zero-order chi connectivity index (χ0) is 18.3. The predicted octanol–water partition coefficient (Wildman–Crippen LogP) is 4.97. The van der Waals surface area contributed by atoms with E-state index in [4.69, 9.17) is 17.3 Å². The second kappa shape index (κ2) is 6.55. The van der Waals surface area contributed by atoms with Gasteiger partial charge in [0.15, 0.2) is 3.95 Å². The van der Waals surface area contributed by atoms with Gasteiger partial charge >= 0.3 is 5.97 Å². The first-order valence-electron chi connectivity index (χ1n) is 8.07. The number of hydrogen-bond donors (Lipinski definition) is 2. The Kier molecular flexibility index (Phi) is 4.22. The van der Waals surface area contributed by atoms with Crippen molar-refractivity contribution in [3.05, 3.63) is 69.0 Å². The number of benzene rings is 3. The summed E-state index contributed by atoms with van der Waals surface area (Å²) in [6.45, 7) is -0.334. The topological polar surface area (TPSA) is 62.5 Å². The van der Waals surface area contributed by atoms with Crippen molar-refractivity contribution in [2.45, 2.75) is 13.0 Å². The highest BCUT2D eigenvalue weighted by Crippen LogP contribution is 2.34. The molecule has 1 heterocycles. The number of aliphatic carboxylic acids is 1. The molecule has 4 rings (SSSR count). The fraction of sp³-hybridized carbons (Fsp3) is 0.100. The highest BCUT2D eigenvalue weighted by atomic mass is 32.1. The lowest BCUT2D eigenvalue weighted by atomic mass is 9.95. The molecule has 0 fully saturated rings. The Labute approximate surface area is 158 Å². The van der Waals surface area contributed by atoms with Crippen molar-refractivity contribution in [3.63, 3.8) is 0 Å². The van der Waals surface area contributed by atoms with Gasteiger partial charge in [0.05, 0.1) is 4.88 Å². The molecule has 0 atom stereocenters. The van der Waals surface area contributed by atoms with Crippen molar-refractivity contribution < 1.29 is 15.0 Å². The lowest BCUT2D eigenvalue weighted by Crippen LogP contribution is -2.08. The van der Waals surface area contributed by atoms with Crippen LogP contribution in [0.15, 0.2) is 54.6 Å². The van der Waals surface area contributed by atoms with E-state index in [0.717, 1.165) is 21.7 Å². The van der Waals surface area contributed by atoms with E-state index in [1.165, 1.54) is 21.3 Å². The summed E-state index contributed by atoms with van der Waals surface area (Å²) in [5.41, 5.74) is 1.08. The van der Waals surface area contributed by atoms with E-state index in [2.05, 4.69) is 30.3 Å². The van der Waals surface area contributed by atoms with E-state index in [-0.39, 0.29) is 12.4 Å². The standard InChI is InChI=1S/C20H15NO3S2/c22-18(23)11-21-19(24)17(26-20(21)25)10-13-9-12-5-1-2-6-14(12)16-8-4-3-7-15(13)16/h1-9,24H,10-11H2,(H,22,23). The van der Waals surface area contributed by atoms with Crippen LogP contribution in [-0.4, -0.2) is 20.7 Å². The van der Waals surface area contributed by atoms with E-state index < -0.39 is 5.97 Å². The lowest BCUT2D eigenvalue weighted by molar-refractivity contribution is -0.137. The van der Waals surface area contributed by atoms with Crippen molar-refractivity contribution in [2.75, 3.05) is 0 Å². The number of carboxylic acid groups (broad SMARTS) is 1. The van der Waals surface area contributed by atoms with E-state index >= 15 is 0 Å². The molecule has 0 aliphatic rings. The number of rotatable bonds is 4. The van der Waals surface area contributed by atoms with E-state index in [0.29, 0.717) is 15.3 Å². The summed E-state index contributed by atoms with van der Waals surface area (Å²) in [4.78, 5) is 11.7. The molecule has 6 heteroatoms. The van der Waals surface area contributed by atoms with Crippen molar-refractivity contribution in [1.29, 1.82) is 0 Å². The monoisotopic (exact) mass is 381 g/mol. The average Bonchev–Trinajstić information content (AvgIpc) is 2.89. The number of hydrogen-bond acceptors (Lipinski definition) is 4. The van der Waals surface area contributed by atoms with Crippen LogP contribution >= 0.6 is 23.6 Å². The first-order valence-corrected chi connectivity index (χ1v) is 9.29. The van der Waals surface area contributed by atoms with Crippen LogP contribution in [0, 0.1) is 3.95 Å². The molecule has 1 aromatic heterocycles. The van der Waals surface area contributed by atoms with Crippen molar-refractivity contribution in [3.8, 4) is 5.88 Å². The molecule has 4 aromatic rings. The van der Waals surface area contributed by atoms with Crippen LogP contribution < -0.4 is 0 Å². The molecular weight excluding hydrogens is 366 g/mol. The maximum absolute atomic E-state index is 11.0. The van der Waals surface area contributed by atoms with Gasteiger partial charge in [0.25, 0.3) is 0 Å². The summed E-state index contributed by atoms with van der Waals surface area (Å²) in [6.07, 6.45) is 0.498. The molecule has 0 spiro atoms. The molecule has 0 radical (unpaired) electrons. The summed E-state index contributed by atoms with van der Waals surface area (Å²) in [5, 5.41) is 24.1. The fourth-order valence-corrected chi connectivity index (χ4v) is 4.64. The highest BCUT2D eigenvalue weighted by molar-refractivity contribution is 7.73. The quantitative estimate of drug-likeness (QED) is 0.387. The number of thiazole rings is 1. The van der Waals surface area contributed by atoms with Gasteiger partial charge in [-0.25, -0.2) is 0 Å². The maximum atomic E-state index is 11.0. The third kappa shape index (κ3) is 2.87. The van der Waals surface area contributed by atoms with E-state index in [9.17, 15) is 9.90 Å². The van der Waals surface area contributed by atoms with Crippen LogP contribution in [-0.2, 0) is 17.8 Å². The molecule has 4 nitrogen and oxygen atoms in total. The summed E-state index contributed by atoms with van der Waals surface area (Å²) >= 11 is 6.48. The third-order valence-electron chi connectivity index (χ3n) is 4.43. The van der Waals surface area contributed by atoms with Gasteiger partial charge in [-0.3, -0.25) is 9.36 Å². The van der Waals surface area contributed by atoms with Gasteiger partial charge in [-0.15, -0.1) is 11.3 Å². The largest absolute Gasteiger partial charge is 0.494 e. The third-order valence-corrected chi connectivity index (χ3v) is 5.87. The van der Waals surface area contributed by atoms with Gasteiger partial charge in [-0.05, 0) is 39.3 Å². The zero-order valence-corrected chi connectivity index (χ0v) is 15.3. The molecule has 0 unspecified atom stereocenters. The van der Waals surface area contributed by atoms with Gasteiger partial charge in [0.1, 0.15) is 6.54 Å². The number of fused-ring (bicyclic) bond motifs is 3. The Balaban J connectivity index is 1.88. The summed E-state index contributed by atoms with van der Waals surface area (Å²) in [6, 6.07) is 18.5. The van der Waals surface area contributed by atoms with E-state index in [1.54, 1.807) is 0 Å². The summed E-state index contributed by atoms with van der Waals surface area (Å²) in [7, 11) is 0. The van der Waals surface area contributed by atoms with Gasteiger partial charge in [-0.2, -0.15) is 0 Å². The van der Waals surface area contributed by atoms with Gasteiger partial charge < -0.3 is 10.2 Å². The average molecular weight is 381 g/mol. The van der Waals surface area contributed by atoms with Crippen LogP contribution in [0.3, 0.4) is 0 Å². The SMILES string of the molecule is O=C(O)Cn1c(O)c(Cc2cc3ccccc3c3ccccc23)sc1=S. The minimum atomic E-state index is -1.03. The number of carboxylic acids is 1. The molecule has 26 heavy (non-hydrogen) atoms. The van der Waals surface area contributed by atoms with Crippen molar-refractivity contribution in [1.82, 2.24) is 4.57 Å². The Morgan fingerprint density at radius 2 is 1.69 bits per heavy atom. The van der Waals surface area contributed by atoms with Crippen LogP contribution in [0.25, 0.3) is 21.5 Å². The van der Waals surface area contributed by atoms with Crippen LogP contribution in [0.1, 0.15) is 10.4 Å². The Hall–Kier alpha value is -2.70. The molecule has 0 saturated carbocycles. The first kappa shape index (κ1) is 16.8. The smallest absolute Gasteiger partial charge is 0.323 e. The minimum absolute atomic E-state index is 0.0559. The van der Waals surface area contributed by atoms with Crippen LogP contribution in [0.5, 0.6) is 5.88 Å². The number of aromatic hydroxyl groups is 1. The van der Waals surface area contributed by atoms with Crippen LogP contribution in [0.4, 0.5) is 0 Å². The number of carbonyl (C=O) groups is 1. The van der Waals surface area contributed by atoms with Gasteiger partial charge in [0, 0.05) is 6.42 Å². The number of nitrogens with zero attached hydrogens (tertiary/aromatic N) is 1. The summed E-state index contributed by atoms with van der Waals surface area (Å²) < 4.78 is 1.63.